The van der Waals surface area contributed by atoms with Crippen LogP contribution in [0, 0.1) is 0 Å². The quantitative estimate of drug-likeness (QED) is 0.425. The summed E-state index contributed by atoms with van der Waals surface area (Å²) in [6.45, 7) is 0. The van der Waals surface area contributed by atoms with E-state index in [1.54, 1.807) is 11.3 Å². The van der Waals surface area contributed by atoms with Crippen LogP contribution in [0.3, 0.4) is 0 Å². The van der Waals surface area contributed by atoms with Gasteiger partial charge in [0, 0.05) is 7.05 Å². The van der Waals surface area contributed by atoms with Crippen molar-refractivity contribution in [2.24, 2.45) is 4.99 Å². The first-order valence-corrected chi connectivity index (χ1v) is 2.51. The van der Waals surface area contributed by atoms with Gasteiger partial charge in [-0.25, -0.2) is 4.99 Å². The van der Waals surface area contributed by atoms with Crippen LogP contribution in [0.5, 0.6) is 0 Å². The number of hydrogen-bond acceptors (Lipinski definition) is 4. The van der Waals surface area contributed by atoms with E-state index in [0.29, 0.717) is 0 Å². The smallest absolute Gasteiger partial charge is 0.164 e. The topological polar surface area (TPSA) is 27.6 Å². The number of nitrogens with one attached hydrogen (secondary N) is 1. The van der Waals surface area contributed by atoms with Crippen LogP contribution in [-0.4, -0.2) is 23.9 Å². The molecule has 0 aromatic carbocycles. The van der Waals surface area contributed by atoms with Crippen LogP contribution in [-0.2, 0) is 0 Å². The van der Waals surface area contributed by atoms with Crippen molar-refractivity contribution in [1.29, 1.82) is 0 Å². The van der Waals surface area contributed by atoms with Crippen molar-refractivity contribution in [3.8, 4) is 0 Å². The normalized spacial score (nSPS) is 30.9. The second-order valence-corrected chi connectivity index (χ2v) is 1.83. The molecule has 0 saturated heterocycles. The van der Waals surface area contributed by atoms with Crippen LogP contribution in [0.15, 0.2) is 4.99 Å². The van der Waals surface area contributed by atoms with E-state index in [1.807, 2.05) is 7.05 Å². The van der Waals surface area contributed by atoms with Gasteiger partial charge in [-0.2, -0.15) is 5.01 Å². The number of rotatable bonds is 0. The fraction of sp³-hybridized carbons (Fsp3) is 0.667. The highest BCUT2D eigenvalue weighted by Crippen LogP contribution is 2.01. The molecule has 0 aromatic rings. The molecule has 0 aliphatic carbocycles. The number of nitrogens with zero attached hydrogens (tertiary/aromatic N) is 2. The Hall–Kier alpha value is -0.220. The number of hydrogen-bond donors (Lipinski definition) is 2. The molecule has 0 radical (unpaired) electrons. The lowest BCUT2D eigenvalue weighted by Crippen LogP contribution is -2.31. The van der Waals surface area contributed by atoms with E-state index in [2.05, 4.69) is 23.0 Å². The molecule has 1 heterocycles. The molecule has 0 fully saturated rings. The Morgan fingerprint density at radius 1 is 2.00 bits per heavy atom. The number of hydrazine groups is 1. The molecule has 0 bridgehead atoms. The summed E-state index contributed by atoms with van der Waals surface area (Å²) in [7, 11) is 1.88. The van der Waals surface area contributed by atoms with Crippen LogP contribution in [0.25, 0.3) is 0 Å². The second kappa shape index (κ2) is 1.71. The highest BCUT2D eigenvalue weighted by atomic mass is 32.1. The summed E-state index contributed by atoms with van der Waals surface area (Å²) < 4.78 is 0. The summed E-state index contributed by atoms with van der Waals surface area (Å²) in [5.41, 5.74) is 2.83. The minimum Gasteiger partial charge on any atom is -0.307 e. The molecule has 1 atom stereocenters. The molecule has 40 valence electrons. The van der Waals surface area contributed by atoms with Crippen LogP contribution >= 0.6 is 12.6 Å². The third-order valence-electron chi connectivity index (χ3n) is 0.816. The molecule has 1 aliphatic rings. The molecule has 0 spiro atoms. The van der Waals surface area contributed by atoms with Crippen LogP contribution in [0.4, 0.5) is 0 Å². The zero-order chi connectivity index (χ0) is 5.28. The maximum Gasteiger partial charge on any atom is 0.164 e. The van der Waals surface area contributed by atoms with E-state index < -0.39 is 0 Å². The fourth-order valence-electron chi connectivity index (χ4n) is 0.358. The van der Waals surface area contributed by atoms with Crippen molar-refractivity contribution in [2.75, 3.05) is 7.05 Å². The molecule has 0 amide bonds. The summed E-state index contributed by atoms with van der Waals surface area (Å²) in [6.07, 6.45) is 1.62. The Morgan fingerprint density at radius 2 is 2.71 bits per heavy atom. The van der Waals surface area contributed by atoms with E-state index in [1.165, 1.54) is 0 Å². The lowest BCUT2D eigenvalue weighted by Gasteiger charge is -2.10. The molecular formula is C3H7N3S. The minimum atomic E-state index is -0.000000000000000222. The van der Waals surface area contributed by atoms with Gasteiger partial charge in [0.2, 0.25) is 0 Å². The Labute approximate surface area is 47.8 Å². The van der Waals surface area contributed by atoms with E-state index in [0.717, 1.165) is 0 Å². The van der Waals surface area contributed by atoms with Gasteiger partial charge in [-0.3, -0.25) is 0 Å². The predicted octanol–water partition coefficient (Wildman–Crippen LogP) is -0.322. The molecule has 0 saturated carbocycles. The molecule has 0 aromatic heterocycles. The molecule has 7 heavy (non-hydrogen) atoms. The average Bonchev–Trinajstić information content (AvgIpc) is 1.91. The van der Waals surface area contributed by atoms with Gasteiger partial charge in [-0.05, 0) is 0 Å². The van der Waals surface area contributed by atoms with Gasteiger partial charge in [-0.1, -0.05) is 0 Å². The minimum absolute atomic E-state index is 0.000000000000000222. The van der Waals surface area contributed by atoms with Crippen molar-refractivity contribution >= 4 is 19.0 Å². The highest BCUT2D eigenvalue weighted by Gasteiger charge is 2.08. The van der Waals surface area contributed by atoms with Gasteiger partial charge in [-0.15, -0.1) is 12.6 Å². The van der Waals surface area contributed by atoms with Gasteiger partial charge in [0.15, 0.2) is 5.50 Å². The third kappa shape index (κ3) is 0.863. The van der Waals surface area contributed by atoms with Gasteiger partial charge < -0.3 is 5.43 Å². The predicted molar refractivity (Wildman–Crippen MR) is 32.2 cm³/mol. The van der Waals surface area contributed by atoms with Crippen LogP contribution < -0.4 is 5.43 Å². The van der Waals surface area contributed by atoms with E-state index >= 15 is 0 Å². The Kier molecular flexibility index (Phi) is 1.21. The standard InChI is InChI=1S/C3H7N3S/c1-6-3(7)4-2-5-6/h2-3,7H,1H3,(H,4,5). The molecule has 1 rings (SSSR count). The van der Waals surface area contributed by atoms with Crippen LogP contribution in [0.2, 0.25) is 0 Å². The van der Waals surface area contributed by atoms with E-state index in [9.17, 15) is 0 Å². The first kappa shape index (κ1) is 4.93. The second-order valence-electron chi connectivity index (χ2n) is 1.36. The third-order valence-corrected chi connectivity index (χ3v) is 1.30. The summed E-state index contributed by atoms with van der Waals surface area (Å²) in [5.74, 6) is 0. The van der Waals surface area contributed by atoms with Crippen LogP contribution in [0.1, 0.15) is 0 Å². The number of thiol groups is 1. The van der Waals surface area contributed by atoms with Crippen molar-refractivity contribution < 1.29 is 0 Å². The maximum absolute atomic E-state index is 4.05. The molecule has 4 heteroatoms. The molecule has 1 unspecified atom stereocenters. The molecular weight excluding hydrogens is 110 g/mol. The average molecular weight is 117 g/mol. The van der Waals surface area contributed by atoms with Gasteiger partial charge in [0.1, 0.15) is 0 Å². The van der Waals surface area contributed by atoms with Crippen molar-refractivity contribution in [3.05, 3.63) is 0 Å². The Bertz CT molecular complexity index is 92.2. The summed E-state index contributed by atoms with van der Waals surface area (Å²) >= 11 is 4.05. The lowest BCUT2D eigenvalue weighted by molar-refractivity contribution is 0.310. The number of aliphatic imine (C=N–C) groups is 1. The summed E-state index contributed by atoms with van der Waals surface area (Å²) in [6, 6.07) is 0. The molecule has 1 aliphatic heterocycles. The molecule has 3 nitrogen and oxygen atoms in total. The fourth-order valence-corrected chi connectivity index (χ4v) is 0.491. The van der Waals surface area contributed by atoms with Gasteiger partial charge >= 0.3 is 0 Å². The largest absolute Gasteiger partial charge is 0.307 e. The monoisotopic (exact) mass is 117 g/mol. The zero-order valence-electron chi connectivity index (χ0n) is 4.00. The first-order chi connectivity index (χ1) is 3.30. The van der Waals surface area contributed by atoms with E-state index in [4.69, 9.17) is 0 Å². The first-order valence-electron chi connectivity index (χ1n) is 1.99. The zero-order valence-corrected chi connectivity index (χ0v) is 4.89. The van der Waals surface area contributed by atoms with E-state index in [-0.39, 0.29) is 5.50 Å². The lowest BCUT2D eigenvalue weighted by atomic mass is 11.0. The summed E-state index contributed by atoms with van der Waals surface area (Å²) in [4.78, 5) is 3.87. The van der Waals surface area contributed by atoms with Crippen molar-refractivity contribution in [1.82, 2.24) is 10.4 Å². The maximum atomic E-state index is 4.05. The summed E-state index contributed by atoms with van der Waals surface area (Å²) in [5, 5.41) is 1.79. The SMILES string of the molecule is CN1NC=NC1S. The Balaban J connectivity index is 2.45. The van der Waals surface area contributed by atoms with Gasteiger partial charge in [0.25, 0.3) is 0 Å². The van der Waals surface area contributed by atoms with Gasteiger partial charge in [0.05, 0.1) is 6.34 Å². The van der Waals surface area contributed by atoms with Crippen molar-refractivity contribution in [2.45, 2.75) is 5.50 Å². The Morgan fingerprint density at radius 3 is 2.86 bits per heavy atom. The highest BCUT2D eigenvalue weighted by molar-refractivity contribution is 7.80. The molecule has 1 N–H and O–H groups in total. The van der Waals surface area contributed by atoms with Crippen molar-refractivity contribution in [3.63, 3.8) is 0 Å².